The zero-order valence-corrected chi connectivity index (χ0v) is 14.3. The highest BCUT2D eigenvalue weighted by Crippen LogP contribution is 2.29. The molecule has 2 aromatic rings. The van der Waals surface area contributed by atoms with E-state index in [9.17, 15) is 4.79 Å². The Balaban J connectivity index is 2.42. The predicted octanol–water partition coefficient (Wildman–Crippen LogP) is 4.25. The van der Waals surface area contributed by atoms with Crippen LogP contribution in [0.2, 0.25) is 0 Å². The van der Waals surface area contributed by atoms with Crippen molar-refractivity contribution < 1.29 is 9.90 Å². The van der Waals surface area contributed by atoms with Gasteiger partial charge in [-0.05, 0) is 30.0 Å². The summed E-state index contributed by atoms with van der Waals surface area (Å²) in [7, 11) is 0. The highest BCUT2D eigenvalue weighted by molar-refractivity contribution is 9.10. The Labute approximate surface area is 133 Å². The van der Waals surface area contributed by atoms with Gasteiger partial charge in [-0.15, -0.1) is 0 Å². The van der Waals surface area contributed by atoms with Crippen LogP contribution in [0.4, 0.5) is 0 Å². The first-order valence-electron chi connectivity index (χ1n) is 7.19. The molecule has 1 N–H and O–H groups in total. The number of aryl methyl sites for hydroxylation is 1. The van der Waals surface area contributed by atoms with Crippen LogP contribution >= 0.6 is 15.9 Å². The van der Waals surface area contributed by atoms with E-state index in [1.54, 1.807) is 0 Å². The molecule has 0 unspecified atom stereocenters. The summed E-state index contributed by atoms with van der Waals surface area (Å²) in [6, 6.07) is 6.09. The maximum atomic E-state index is 11.0. The largest absolute Gasteiger partial charge is 0.481 e. The first kappa shape index (κ1) is 16.0. The average Bonchev–Trinajstić information content (AvgIpc) is 2.64. The number of carboxylic acids is 1. The number of fused-ring (bicyclic) bond motifs is 1. The third kappa shape index (κ3) is 3.84. The Hall–Kier alpha value is -1.36. The van der Waals surface area contributed by atoms with E-state index in [4.69, 9.17) is 10.1 Å². The van der Waals surface area contributed by atoms with E-state index >= 15 is 0 Å². The van der Waals surface area contributed by atoms with Gasteiger partial charge in [-0.25, -0.2) is 4.98 Å². The van der Waals surface area contributed by atoms with Gasteiger partial charge in [-0.3, -0.25) is 4.79 Å². The first-order valence-corrected chi connectivity index (χ1v) is 7.98. The topological polar surface area (TPSA) is 55.1 Å². The Morgan fingerprint density at radius 3 is 2.76 bits per heavy atom. The monoisotopic (exact) mass is 352 g/mol. The molecule has 0 fully saturated rings. The third-order valence-corrected chi connectivity index (χ3v) is 4.00. The molecule has 0 amide bonds. The SMILES string of the molecule is CCCn1c(CC(C)(C)CC(=O)O)nc2cc(Br)ccc21. The van der Waals surface area contributed by atoms with Gasteiger partial charge in [0.2, 0.25) is 0 Å². The predicted molar refractivity (Wildman–Crippen MR) is 87.5 cm³/mol. The molecule has 0 bridgehead atoms. The molecule has 0 saturated carbocycles. The highest BCUT2D eigenvalue weighted by Gasteiger charge is 2.25. The lowest BCUT2D eigenvalue weighted by molar-refractivity contribution is -0.139. The number of carboxylic acid groups (broad SMARTS) is 1. The third-order valence-electron chi connectivity index (χ3n) is 3.50. The molecule has 0 aliphatic carbocycles. The maximum absolute atomic E-state index is 11.0. The van der Waals surface area contributed by atoms with Crippen LogP contribution in [0.25, 0.3) is 11.0 Å². The summed E-state index contributed by atoms with van der Waals surface area (Å²) in [6.07, 6.45) is 1.82. The summed E-state index contributed by atoms with van der Waals surface area (Å²) in [4.78, 5) is 15.7. The van der Waals surface area contributed by atoms with Crippen molar-refractivity contribution >= 4 is 32.9 Å². The molecule has 0 aliphatic rings. The summed E-state index contributed by atoms with van der Waals surface area (Å²) < 4.78 is 3.22. The minimum Gasteiger partial charge on any atom is -0.481 e. The fourth-order valence-corrected chi connectivity index (χ4v) is 3.01. The van der Waals surface area contributed by atoms with Crippen molar-refractivity contribution in [3.05, 3.63) is 28.5 Å². The quantitative estimate of drug-likeness (QED) is 0.845. The van der Waals surface area contributed by atoms with E-state index in [1.807, 2.05) is 26.0 Å². The van der Waals surface area contributed by atoms with Gasteiger partial charge >= 0.3 is 5.97 Å². The molecule has 0 aliphatic heterocycles. The smallest absolute Gasteiger partial charge is 0.303 e. The second-order valence-corrected chi connectivity index (χ2v) is 7.14. The van der Waals surface area contributed by atoms with Gasteiger partial charge in [0.15, 0.2) is 0 Å². The Bertz CT molecular complexity index is 662. The first-order chi connectivity index (χ1) is 9.82. The Morgan fingerprint density at radius 1 is 1.43 bits per heavy atom. The molecule has 1 heterocycles. The standard InChI is InChI=1S/C16H21BrN2O2/c1-4-7-19-13-6-5-11(17)8-12(13)18-14(19)9-16(2,3)10-15(20)21/h5-6,8H,4,7,9-10H2,1-3H3,(H,20,21). The summed E-state index contributed by atoms with van der Waals surface area (Å²) in [5, 5.41) is 9.04. The van der Waals surface area contributed by atoms with Crippen molar-refractivity contribution in [1.29, 1.82) is 0 Å². The number of aromatic nitrogens is 2. The second-order valence-electron chi connectivity index (χ2n) is 6.22. The van der Waals surface area contributed by atoms with Crippen LogP contribution in [0.1, 0.15) is 39.4 Å². The van der Waals surface area contributed by atoms with Gasteiger partial charge in [0.1, 0.15) is 5.82 Å². The Kier molecular flexibility index (Phi) is 4.71. The fraction of sp³-hybridized carbons (Fsp3) is 0.500. The van der Waals surface area contributed by atoms with Crippen LogP contribution in [-0.2, 0) is 17.8 Å². The van der Waals surface area contributed by atoms with Crippen molar-refractivity contribution in [3.63, 3.8) is 0 Å². The van der Waals surface area contributed by atoms with Crippen LogP contribution in [0.5, 0.6) is 0 Å². The highest BCUT2D eigenvalue weighted by atomic mass is 79.9. The van der Waals surface area contributed by atoms with E-state index in [2.05, 4.69) is 33.5 Å². The van der Waals surface area contributed by atoms with Crippen molar-refractivity contribution in [1.82, 2.24) is 9.55 Å². The fourth-order valence-electron chi connectivity index (χ4n) is 2.66. The number of halogens is 1. The summed E-state index contributed by atoms with van der Waals surface area (Å²) in [5.74, 6) is 0.206. The molecule has 0 spiro atoms. The average molecular weight is 353 g/mol. The molecule has 4 nitrogen and oxygen atoms in total. The summed E-state index contributed by atoms with van der Waals surface area (Å²) >= 11 is 3.47. The van der Waals surface area contributed by atoms with Gasteiger partial charge in [0, 0.05) is 17.4 Å². The number of aliphatic carboxylic acids is 1. The number of imidazole rings is 1. The number of carbonyl (C=O) groups is 1. The van der Waals surface area contributed by atoms with Crippen LogP contribution in [0, 0.1) is 5.41 Å². The van der Waals surface area contributed by atoms with E-state index in [-0.39, 0.29) is 11.8 Å². The minimum atomic E-state index is -0.763. The molecular weight excluding hydrogens is 332 g/mol. The molecule has 0 saturated heterocycles. The van der Waals surface area contributed by atoms with Crippen molar-refractivity contribution in [2.45, 2.75) is 46.6 Å². The number of nitrogens with zero attached hydrogens (tertiary/aromatic N) is 2. The second kappa shape index (κ2) is 6.18. The van der Waals surface area contributed by atoms with Crippen LogP contribution < -0.4 is 0 Å². The van der Waals surface area contributed by atoms with Crippen molar-refractivity contribution in [2.24, 2.45) is 5.41 Å². The van der Waals surface area contributed by atoms with Gasteiger partial charge in [-0.2, -0.15) is 0 Å². The van der Waals surface area contributed by atoms with Gasteiger partial charge in [-0.1, -0.05) is 36.7 Å². The van der Waals surface area contributed by atoms with Gasteiger partial charge in [0.25, 0.3) is 0 Å². The van der Waals surface area contributed by atoms with Crippen LogP contribution in [0.3, 0.4) is 0 Å². The molecule has 1 aromatic heterocycles. The van der Waals surface area contributed by atoms with Crippen LogP contribution in [-0.4, -0.2) is 20.6 Å². The number of hydrogen-bond donors (Lipinski definition) is 1. The minimum absolute atomic E-state index is 0.145. The molecule has 1 aromatic carbocycles. The number of rotatable bonds is 6. The van der Waals surface area contributed by atoms with Gasteiger partial charge in [0.05, 0.1) is 17.5 Å². The lowest BCUT2D eigenvalue weighted by Gasteiger charge is -2.22. The number of benzene rings is 1. The van der Waals surface area contributed by atoms with E-state index < -0.39 is 5.97 Å². The molecule has 21 heavy (non-hydrogen) atoms. The lowest BCUT2D eigenvalue weighted by Crippen LogP contribution is -2.22. The van der Waals surface area contributed by atoms with E-state index in [0.29, 0.717) is 6.42 Å². The van der Waals surface area contributed by atoms with Gasteiger partial charge < -0.3 is 9.67 Å². The molecular formula is C16H21BrN2O2. The van der Waals surface area contributed by atoms with Crippen molar-refractivity contribution in [2.75, 3.05) is 0 Å². The zero-order chi connectivity index (χ0) is 15.6. The van der Waals surface area contributed by atoms with E-state index in [0.717, 1.165) is 34.3 Å². The number of hydrogen-bond acceptors (Lipinski definition) is 2. The maximum Gasteiger partial charge on any atom is 0.303 e. The molecule has 0 radical (unpaired) electrons. The molecule has 2 rings (SSSR count). The van der Waals surface area contributed by atoms with E-state index in [1.165, 1.54) is 0 Å². The molecule has 0 atom stereocenters. The molecule has 5 heteroatoms. The zero-order valence-electron chi connectivity index (χ0n) is 12.7. The van der Waals surface area contributed by atoms with Crippen LogP contribution in [0.15, 0.2) is 22.7 Å². The summed E-state index contributed by atoms with van der Waals surface area (Å²) in [6.45, 7) is 6.99. The van der Waals surface area contributed by atoms with Crippen molar-refractivity contribution in [3.8, 4) is 0 Å². The molecule has 114 valence electrons. The lowest BCUT2D eigenvalue weighted by atomic mass is 9.85. The Morgan fingerprint density at radius 2 is 2.14 bits per heavy atom. The summed E-state index contributed by atoms with van der Waals surface area (Å²) in [5.41, 5.74) is 1.76. The normalized spacial score (nSPS) is 12.0.